The van der Waals surface area contributed by atoms with E-state index in [1.807, 2.05) is 0 Å². The number of pyridine rings is 1. The molecule has 8 heteroatoms. The minimum atomic E-state index is -3.65. The number of aromatic nitrogens is 2. The first kappa shape index (κ1) is 14.8. The molecule has 1 aliphatic carbocycles. The highest BCUT2D eigenvalue weighted by atomic mass is 35.5. The average Bonchev–Trinajstić information content (AvgIpc) is 3.05. The van der Waals surface area contributed by atoms with E-state index in [-0.39, 0.29) is 16.9 Å². The van der Waals surface area contributed by atoms with Crippen molar-refractivity contribution >= 4 is 32.7 Å². The molecule has 1 aliphatic rings. The molecule has 1 fully saturated rings. The molecule has 114 valence electrons. The fraction of sp³-hybridized carbons (Fsp3) is 0.462. The summed E-state index contributed by atoms with van der Waals surface area (Å²) in [6, 6.07) is 1.47. The van der Waals surface area contributed by atoms with Crippen LogP contribution in [0.25, 0.3) is 11.0 Å². The molecular weight excluding hydrogens is 312 g/mol. The maximum absolute atomic E-state index is 12.6. The third-order valence-electron chi connectivity index (χ3n) is 4.04. The van der Waals surface area contributed by atoms with E-state index in [0.717, 1.165) is 19.3 Å². The molecule has 4 N–H and O–H groups in total. The van der Waals surface area contributed by atoms with Crippen LogP contribution in [0, 0.1) is 5.92 Å². The van der Waals surface area contributed by atoms with E-state index in [4.69, 9.17) is 17.3 Å². The Morgan fingerprint density at radius 3 is 3.05 bits per heavy atom. The number of sulfonamides is 1. The van der Waals surface area contributed by atoms with E-state index in [2.05, 4.69) is 14.7 Å². The standard InChI is InChI=1S/C13H17ClN4O2S/c14-9-4-5-16-13-12(9)11(7-17-13)21(19,20)18-10-3-1-2-8(10)6-15/h4-5,7-8,10,18H,1-3,6,15H2,(H,16,17). The molecule has 0 spiro atoms. The van der Waals surface area contributed by atoms with Gasteiger partial charge in [-0.1, -0.05) is 18.0 Å². The Bertz CT molecular complexity index is 759. The fourth-order valence-electron chi connectivity index (χ4n) is 2.94. The van der Waals surface area contributed by atoms with Crippen LogP contribution in [0.4, 0.5) is 0 Å². The Morgan fingerprint density at radius 2 is 2.29 bits per heavy atom. The summed E-state index contributed by atoms with van der Waals surface area (Å²) in [6.45, 7) is 0.489. The molecule has 2 unspecified atom stereocenters. The fourth-order valence-corrected chi connectivity index (χ4v) is 4.77. The van der Waals surface area contributed by atoms with Crippen LogP contribution in [0.15, 0.2) is 23.4 Å². The molecule has 2 aromatic rings. The second-order valence-corrected chi connectivity index (χ2v) is 7.41. The zero-order chi connectivity index (χ0) is 15.0. The third-order valence-corrected chi connectivity index (χ3v) is 5.87. The number of rotatable bonds is 4. The minimum absolute atomic E-state index is 0.111. The van der Waals surface area contributed by atoms with Crippen molar-refractivity contribution in [3.63, 3.8) is 0 Å². The monoisotopic (exact) mass is 328 g/mol. The first-order valence-corrected chi connectivity index (χ1v) is 8.73. The Labute approximate surface area is 128 Å². The van der Waals surface area contributed by atoms with E-state index < -0.39 is 10.0 Å². The van der Waals surface area contributed by atoms with Crippen molar-refractivity contribution in [2.45, 2.75) is 30.2 Å². The molecule has 0 bridgehead atoms. The van der Waals surface area contributed by atoms with Crippen molar-refractivity contribution in [3.8, 4) is 0 Å². The van der Waals surface area contributed by atoms with Gasteiger partial charge in [-0.05, 0) is 31.4 Å². The van der Waals surface area contributed by atoms with Gasteiger partial charge in [0.05, 0.1) is 10.4 Å². The number of hydrogen-bond donors (Lipinski definition) is 3. The van der Waals surface area contributed by atoms with E-state index in [9.17, 15) is 8.42 Å². The maximum Gasteiger partial charge on any atom is 0.243 e. The van der Waals surface area contributed by atoms with Crippen LogP contribution in [0.2, 0.25) is 5.02 Å². The molecule has 3 rings (SSSR count). The molecule has 2 aromatic heterocycles. The number of nitrogens with zero attached hydrogens (tertiary/aromatic N) is 1. The molecule has 0 aromatic carbocycles. The zero-order valence-electron chi connectivity index (χ0n) is 11.3. The van der Waals surface area contributed by atoms with E-state index in [0.29, 0.717) is 22.6 Å². The van der Waals surface area contributed by atoms with Crippen LogP contribution >= 0.6 is 11.6 Å². The highest BCUT2D eigenvalue weighted by Crippen LogP contribution is 2.30. The molecular formula is C13H17ClN4O2S. The Balaban J connectivity index is 1.97. The highest BCUT2D eigenvalue weighted by Gasteiger charge is 2.31. The normalized spacial score (nSPS) is 23.0. The Hall–Kier alpha value is -1.15. The molecule has 0 saturated heterocycles. The third kappa shape index (κ3) is 2.66. The van der Waals surface area contributed by atoms with Gasteiger partial charge in [0.1, 0.15) is 10.5 Å². The lowest BCUT2D eigenvalue weighted by Gasteiger charge is -2.19. The van der Waals surface area contributed by atoms with Gasteiger partial charge in [-0.3, -0.25) is 0 Å². The van der Waals surface area contributed by atoms with Gasteiger partial charge in [-0.25, -0.2) is 18.1 Å². The first-order chi connectivity index (χ1) is 10.0. The summed E-state index contributed by atoms with van der Waals surface area (Å²) in [6.07, 6.45) is 5.73. The van der Waals surface area contributed by atoms with Crippen molar-refractivity contribution < 1.29 is 8.42 Å². The van der Waals surface area contributed by atoms with Gasteiger partial charge < -0.3 is 10.7 Å². The molecule has 1 saturated carbocycles. The van der Waals surface area contributed by atoms with Crippen LogP contribution in [-0.4, -0.2) is 31.0 Å². The molecule has 2 heterocycles. The number of aromatic amines is 1. The van der Waals surface area contributed by atoms with Crippen molar-refractivity contribution in [2.75, 3.05) is 6.54 Å². The summed E-state index contributed by atoms with van der Waals surface area (Å²) < 4.78 is 28.0. The van der Waals surface area contributed by atoms with E-state index in [1.54, 1.807) is 6.07 Å². The summed E-state index contributed by atoms with van der Waals surface area (Å²) in [5, 5.41) is 0.789. The van der Waals surface area contributed by atoms with Gasteiger partial charge in [0, 0.05) is 18.4 Å². The summed E-state index contributed by atoms with van der Waals surface area (Å²) in [7, 11) is -3.65. The van der Waals surface area contributed by atoms with Crippen LogP contribution < -0.4 is 10.5 Å². The van der Waals surface area contributed by atoms with Gasteiger partial charge in [0.2, 0.25) is 10.0 Å². The van der Waals surface area contributed by atoms with Crippen LogP contribution in [0.1, 0.15) is 19.3 Å². The maximum atomic E-state index is 12.6. The Morgan fingerprint density at radius 1 is 1.48 bits per heavy atom. The van der Waals surface area contributed by atoms with Gasteiger partial charge in [0.25, 0.3) is 0 Å². The SMILES string of the molecule is NCC1CCCC1NS(=O)(=O)c1c[nH]c2nccc(Cl)c12. The number of H-pyrrole nitrogens is 1. The second-order valence-electron chi connectivity index (χ2n) is 5.32. The van der Waals surface area contributed by atoms with Crippen LogP contribution in [0.3, 0.4) is 0 Å². The summed E-state index contributed by atoms with van der Waals surface area (Å²) in [4.78, 5) is 7.07. The lowest BCUT2D eigenvalue weighted by atomic mass is 10.1. The van der Waals surface area contributed by atoms with E-state index >= 15 is 0 Å². The van der Waals surface area contributed by atoms with Crippen LogP contribution in [-0.2, 0) is 10.0 Å². The van der Waals surface area contributed by atoms with Crippen molar-refractivity contribution in [3.05, 3.63) is 23.5 Å². The first-order valence-electron chi connectivity index (χ1n) is 6.87. The number of fused-ring (bicyclic) bond motifs is 1. The molecule has 0 radical (unpaired) electrons. The average molecular weight is 329 g/mol. The molecule has 0 aliphatic heterocycles. The molecule has 6 nitrogen and oxygen atoms in total. The summed E-state index contributed by atoms with van der Waals surface area (Å²) in [5.74, 6) is 0.193. The zero-order valence-corrected chi connectivity index (χ0v) is 12.9. The van der Waals surface area contributed by atoms with Gasteiger partial charge in [-0.2, -0.15) is 0 Å². The largest absolute Gasteiger partial charge is 0.345 e. The lowest BCUT2D eigenvalue weighted by molar-refractivity contribution is 0.453. The summed E-state index contributed by atoms with van der Waals surface area (Å²) in [5.41, 5.74) is 6.17. The Kier molecular flexibility index (Phi) is 3.92. The molecule has 21 heavy (non-hydrogen) atoms. The number of nitrogens with one attached hydrogen (secondary N) is 2. The number of nitrogens with two attached hydrogens (primary N) is 1. The quantitative estimate of drug-likeness (QED) is 0.793. The van der Waals surface area contributed by atoms with Gasteiger partial charge in [-0.15, -0.1) is 0 Å². The topological polar surface area (TPSA) is 101 Å². The number of hydrogen-bond acceptors (Lipinski definition) is 4. The lowest BCUT2D eigenvalue weighted by Crippen LogP contribution is -2.39. The summed E-state index contributed by atoms with van der Waals surface area (Å²) >= 11 is 6.11. The van der Waals surface area contributed by atoms with Crippen molar-refractivity contribution in [1.29, 1.82) is 0 Å². The second kappa shape index (κ2) is 5.57. The van der Waals surface area contributed by atoms with Gasteiger partial charge in [0.15, 0.2) is 0 Å². The van der Waals surface area contributed by atoms with Crippen LogP contribution in [0.5, 0.6) is 0 Å². The minimum Gasteiger partial charge on any atom is -0.345 e. The highest BCUT2D eigenvalue weighted by molar-refractivity contribution is 7.89. The smallest absolute Gasteiger partial charge is 0.243 e. The number of halogens is 1. The predicted molar refractivity (Wildman–Crippen MR) is 81.6 cm³/mol. The van der Waals surface area contributed by atoms with Crippen molar-refractivity contribution in [1.82, 2.24) is 14.7 Å². The van der Waals surface area contributed by atoms with Gasteiger partial charge >= 0.3 is 0 Å². The van der Waals surface area contributed by atoms with Crippen molar-refractivity contribution in [2.24, 2.45) is 11.7 Å². The molecule has 2 atom stereocenters. The predicted octanol–water partition coefficient (Wildman–Crippen LogP) is 1.62. The molecule has 0 amide bonds. The van der Waals surface area contributed by atoms with E-state index in [1.165, 1.54) is 12.4 Å².